The van der Waals surface area contributed by atoms with Crippen LogP contribution in [-0.4, -0.2) is 12.1 Å². The summed E-state index contributed by atoms with van der Waals surface area (Å²) < 4.78 is 81.9. The first-order valence-electron chi connectivity index (χ1n) is 2.77. The van der Waals surface area contributed by atoms with Gasteiger partial charge in [-0.25, -0.2) is 8.78 Å². The van der Waals surface area contributed by atoms with Gasteiger partial charge in [-0.2, -0.15) is 22.0 Å². The first kappa shape index (κ1) is 12.0. The second-order valence-corrected chi connectivity index (χ2v) is 1.94. The summed E-state index contributed by atoms with van der Waals surface area (Å²) in [6.45, 7) is 2.50. The van der Waals surface area contributed by atoms with Gasteiger partial charge in [0.2, 0.25) is 5.83 Å². The fourth-order valence-electron chi connectivity index (χ4n) is 0.364. The first-order chi connectivity index (χ1) is 5.64. The molecule has 0 rings (SSSR count). The van der Waals surface area contributed by atoms with E-state index in [1.165, 1.54) is 0 Å². The van der Waals surface area contributed by atoms with Crippen molar-refractivity contribution in [2.24, 2.45) is 0 Å². The second-order valence-electron chi connectivity index (χ2n) is 1.94. The Kier molecular flexibility index (Phi) is 3.13. The minimum absolute atomic E-state index is 0.0744. The first-order valence-corrected chi connectivity index (χ1v) is 2.77. The fraction of sp³-hybridized carbons (Fsp3) is 0.333. The molecule has 0 amide bonds. The Labute approximate surface area is 68.3 Å². The molecule has 76 valence electrons. The minimum atomic E-state index is -6.16. The van der Waals surface area contributed by atoms with Crippen molar-refractivity contribution in [3.8, 4) is 0 Å². The number of rotatable bonds is 2. The summed E-state index contributed by atoms with van der Waals surface area (Å²) in [4.78, 5) is 0. The van der Waals surface area contributed by atoms with Crippen LogP contribution >= 0.6 is 0 Å². The summed E-state index contributed by atoms with van der Waals surface area (Å²) in [5, 5.41) is 0. The maximum absolute atomic E-state index is 12.0. The maximum Gasteiger partial charge on any atom is 0.460 e. The summed E-state index contributed by atoms with van der Waals surface area (Å²) in [7, 11) is 0. The Bertz CT molecular complexity index is 234. The van der Waals surface area contributed by atoms with Gasteiger partial charge in [0.1, 0.15) is 0 Å². The zero-order valence-electron chi connectivity index (χ0n) is 5.93. The van der Waals surface area contributed by atoms with Gasteiger partial charge in [-0.05, 0) is 6.08 Å². The molecular weight excluding hydrogens is 205 g/mol. The lowest BCUT2D eigenvalue weighted by molar-refractivity contribution is -0.271. The number of allylic oxidation sites excluding steroid dienone is 3. The van der Waals surface area contributed by atoms with Crippen molar-refractivity contribution in [3.63, 3.8) is 0 Å². The normalized spacial score (nSPS) is 15.3. The lowest BCUT2D eigenvalue weighted by Crippen LogP contribution is -2.37. The lowest BCUT2D eigenvalue weighted by Gasteiger charge is -2.17. The standard InChI is InChI=1S/C6H3F7/c1-2-3(7)4(8)5(9,10)6(11,12)13/h2H,1H2. The fourth-order valence-corrected chi connectivity index (χ4v) is 0.364. The number of halogens is 7. The Morgan fingerprint density at radius 3 is 1.62 bits per heavy atom. The second kappa shape index (κ2) is 3.39. The molecule has 0 nitrogen and oxygen atoms in total. The Balaban J connectivity index is 5.18. The van der Waals surface area contributed by atoms with Gasteiger partial charge in [-0.1, -0.05) is 6.58 Å². The van der Waals surface area contributed by atoms with Crippen LogP contribution in [0.4, 0.5) is 30.7 Å². The van der Waals surface area contributed by atoms with Crippen molar-refractivity contribution in [2.75, 3.05) is 0 Å². The van der Waals surface area contributed by atoms with E-state index >= 15 is 0 Å². The number of alkyl halides is 5. The van der Waals surface area contributed by atoms with Gasteiger partial charge in [0, 0.05) is 0 Å². The van der Waals surface area contributed by atoms with Gasteiger partial charge < -0.3 is 0 Å². The van der Waals surface area contributed by atoms with Crippen LogP contribution in [0.5, 0.6) is 0 Å². The van der Waals surface area contributed by atoms with Gasteiger partial charge in [0.25, 0.3) is 0 Å². The molecule has 0 unspecified atom stereocenters. The summed E-state index contributed by atoms with van der Waals surface area (Å²) in [6, 6.07) is 0. The quantitative estimate of drug-likeness (QED) is 0.481. The van der Waals surface area contributed by atoms with Gasteiger partial charge in [-0.15, -0.1) is 0 Å². The highest BCUT2D eigenvalue weighted by Gasteiger charge is 2.62. The van der Waals surface area contributed by atoms with Crippen LogP contribution in [0.2, 0.25) is 0 Å². The van der Waals surface area contributed by atoms with Crippen molar-refractivity contribution < 1.29 is 30.7 Å². The molecule has 0 atom stereocenters. The highest BCUT2D eigenvalue weighted by atomic mass is 19.4. The van der Waals surface area contributed by atoms with Crippen molar-refractivity contribution in [2.45, 2.75) is 12.1 Å². The van der Waals surface area contributed by atoms with E-state index in [2.05, 4.69) is 6.58 Å². The lowest BCUT2D eigenvalue weighted by atomic mass is 10.2. The average Bonchev–Trinajstić information content (AvgIpc) is 1.99. The predicted molar refractivity (Wildman–Crippen MR) is 30.4 cm³/mol. The molecule has 0 saturated heterocycles. The summed E-state index contributed by atoms with van der Waals surface area (Å²) >= 11 is 0. The monoisotopic (exact) mass is 208 g/mol. The van der Waals surface area contributed by atoms with E-state index in [9.17, 15) is 30.7 Å². The van der Waals surface area contributed by atoms with Crippen molar-refractivity contribution >= 4 is 0 Å². The van der Waals surface area contributed by atoms with Crippen molar-refractivity contribution in [1.29, 1.82) is 0 Å². The molecule has 0 spiro atoms. The zero-order valence-corrected chi connectivity index (χ0v) is 5.93. The smallest absolute Gasteiger partial charge is 0.204 e. The molecule has 0 N–H and O–H groups in total. The van der Waals surface area contributed by atoms with Crippen LogP contribution < -0.4 is 0 Å². The molecule has 0 aromatic heterocycles. The largest absolute Gasteiger partial charge is 0.460 e. The molecule has 0 heterocycles. The van der Waals surface area contributed by atoms with Gasteiger partial charge >= 0.3 is 12.1 Å². The summed E-state index contributed by atoms with van der Waals surface area (Å²) in [5.41, 5.74) is 0. The van der Waals surface area contributed by atoms with E-state index in [1.807, 2.05) is 0 Å². The summed E-state index contributed by atoms with van der Waals surface area (Å²) in [6.07, 6.45) is -6.23. The third kappa shape index (κ3) is 2.22. The molecule has 0 radical (unpaired) electrons. The van der Waals surface area contributed by atoms with Crippen LogP contribution in [0.1, 0.15) is 0 Å². The predicted octanol–water partition coefficient (Wildman–Crippen LogP) is 3.52. The van der Waals surface area contributed by atoms with Gasteiger partial charge in [0.05, 0.1) is 0 Å². The molecule has 0 aromatic rings. The van der Waals surface area contributed by atoms with Crippen molar-refractivity contribution in [3.05, 3.63) is 24.3 Å². The average molecular weight is 208 g/mol. The van der Waals surface area contributed by atoms with Crippen LogP contribution in [0.3, 0.4) is 0 Å². The SMILES string of the molecule is C=CC(F)=C(F)C(F)(F)C(F)(F)F. The van der Waals surface area contributed by atoms with Crippen LogP contribution in [0.15, 0.2) is 24.3 Å². The Morgan fingerprint density at radius 2 is 1.38 bits per heavy atom. The van der Waals surface area contributed by atoms with Gasteiger partial charge in [0.15, 0.2) is 5.83 Å². The highest BCUT2D eigenvalue weighted by molar-refractivity contribution is 5.19. The van der Waals surface area contributed by atoms with Crippen LogP contribution in [0.25, 0.3) is 0 Å². The molecule has 0 aliphatic carbocycles. The van der Waals surface area contributed by atoms with E-state index in [4.69, 9.17) is 0 Å². The molecule has 7 heteroatoms. The topological polar surface area (TPSA) is 0 Å². The van der Waals surface area contributed by atoms with Gasteiger partial charge in [-0.3, -0.25) is 0 Å². The minimum Gasteiger partial charge on any atom is -0.204 e. The van der Waals surface area contributed by atoms with E-state index in [1.54, 1.807) is 0 Å². The van der Waals surface area contributed by atoms with Crippen LogP contribution in [-0.2, 0) is 0 Å². The molecule has 13 heavy (non-hydrogen) atoms. The van der Waals surface area contributed by atoms with E-state index in [0.717, 1.165) is 0 Å². The summed E-state index contributed by atoms with van der Waals surface area (Å²) in [5.74, 6) is -11.3. The highest BCUT2D eigenvalue weighted by Crippen LogP contribution is 2.42. The molecule has 0 aromatic carbocycles. The molecule has 0 bridgehead atoms. The molecule has 0 fully saturated rings. The number of hydrogen-bond donors (Lipinski definition) is 0. The third-order valence-corrected chi connectivity index (χ3v) is 1.02. The molecule has 0 saturated carbocycles. The van der Waals surface area contributed by atoms with E-state index in [0.29, 0.717) is 0 Å². The van der Waals surface area contributed by atoms with E-state index in [-0.39, 0.29) is 6.08 Å². The number of hydrogen-bond acceptors (Lipinski definition) is 0. The van der Waals surface area contributed by atoms with Crippen molar-refractivity contribution in [1.82, 2.24) is 0 Å². The Hall–Kier alpha value is -1.01. The Morgan fingerprint density at radius 1 is 1.00 bits per heavy atom. The van der Waals surface area contributed by atoms with E-state index < -0.39 is 23.8 Å². The zero-order chi connectivity index (χ0) is 10.9. The third-order valence-electron chi connectivity index (χ3n) is 1.02. The molecule has 0 aliphatic heterocycles. The molecular formula is C6H3F7. The maximum atomic E-state index is 12.0. The van der Waals surface area contributed by atoms with Crippen LogP contribution in [0, 0.1) is 0 Å². The molecule has 0 aliphatic rings.